The first-order chi connectivity index (χ1) is 11.2. The SMILES string of the molecule is O=C1c2ccc(Br)cc2CN1c1cccc(N2CCOCC2)c1. The highest BCUT2D eigenvalue weighted by molar-refractivity contribution is 9.10. The molecule has 4 nitrogen and oxygen atoms in total. The number of carbonyl (C=O) groups excluding carboxylic acids is 1. The topological polar surface area (TPSA) is 32.8 Å². The largest absolute Gasteiger partial charge is 0.378 e. The highest BCUT2D eigenvalue weighted by Gasteiger charge is 2.28. The Morgan fingerprint density at radius 2 is 1.78 bits per heavy atom. The Hall–Kier alpha value is -1.85. The van der Waals surface area contributed by atoms with Crippen molar-refractivity contribution in [3.05, 3.63) is 58.1 Å². The molecule has 0 aromatic heterocycles. The van der Waals surface area contributed by atoms with Crippen LogP contribution in [0.25, 0.3) is 0 Å². The average Bonchev–Trinajstić information content (AvgIpc) is 2.92. The van der Waals surface area contributed by atoms with E-state index in [9.17, 15) is 4.79 Å². The Balaban J connectivity index is 1.63. The average molecular weight is 373 g/mol. The summed E-state index contributed by atoms with van der Waals surface area (Å²) in [6.45, 7) is 3.92. The van der Waals surface area contributed by atoms with Crippen LogP contribution >= 0.6 is 15.9 Å². The zero-order chi connectivity index (χ0) is 15.8. The van der Waals surface area contributed by atoms with Crippen molar-refractivity contribution in [1.82, 2.24) is 0 Å². The van der Waals surface area contributed by atoms with Crippen LogP contribution in [0, 0.1) is 0 Å². The van der Waals surface area contributed by atoms with Crippen LogP contribution in [0.1, 0.15) is 15.9 Å². The number of hydrogen-bond acceptors (Lipinski definition) is 3. The lowest BCUT2D eigenvalue weighted by Crippen LogP contribution is -2.36. The summed E-state index contributed by atoms with van der Waals surface area (Å²) in [7, 11) is 0. The van der Waals surface area contributed by atoms with Crippen molar-refractivity contribution < 1.29 is 9.53 Å². The van der Waals surface area contributed by atoms with Gasteiger partial charge in [0.1, 0.15) is 0 Å². The summed E-state index contributed by atoms with van der Waals surface area (Å²) in [4.78, 5) is 16.8. The van der Waals surface area contributed by atoms with Crippen molar-refractivity contribution in [1.29, 1.82) is 0 Å². The number of rotatable bonds is 2. The number of hydrogen-bond donors (Lipinski definition) is 0. The molecule has 0 spiro atoms. The van der Waals surface area contributed by atoms with E-state index < -0.39 is 0 Å². The zero-order valence-electron chi connectivity index (χ0n) is 12.7. The van der Waals surface area contributed by atoms with Crippen LogP contribution in [0.3, 0.4) is 0 Å². The van der Waals surface area contributed by atoms with Crippen LogP contribution in [-0.2, 0) is 11.3 Å². The van der Waals surface area contributed by atoms with E-state index in [1.165, 1.54) is 0 Å². The van der Waals surface area contributed by atoms with Gasteiger partial charge in [-0.3, -0.25) is 4.79 Å². The van der Waals surface area contributed by atoms with Crippen molar-refractivity contribution in [2.45, 2.75) is 6.54 Å². The first-order valence-electron chi connectivity index (χ1n) is 7.75. The molecule has 5 heteroatoms. The minimum absolute atomic E-state index is 0.0756. The second-order valence-corrected chi connectivity index (χ2v) is 6.73. The van der Waals surface area contributed by atoms with Gasteiger partial charge in [0.25, 0.3) is 5.91 Å². The molecule has 2 aromatic rings. The quantitative estimate of drug-likeness (QED) is 0.809. The molecule has 2 aromatic carbocycles. The summed E-state index contributed by atoms with van der Waals surface area (Å²) in [6.07, 6.45) is 0. The summed E-state index contributed by atoms with van der Waals surface area (Å²) >= 11 is 3.48. The molecule has 1 amide bonds. The van der Waals surface area contributed by atoms with Crippen molar-refractivity contribution in [3.63, 3.8) is 0 Å². The van der Waals surface area contributed by atoms with Crippen molar-refractivity contribution in [2.75, 3.05) is 36.1 Å². The number of benzene rings is 2. The molecule has 118 valence electrons. The monoisotopic (exact) mass is 372 g/mol. The maximum atomic E-state index is 12.7. The molecule has 0 bridgehead atoms. The maximum absolute atomic E-state index is 12.7. The first kappa shape index (κ1) is 14.7. The van der Waals surface area contributed by atoms with E-state index in [2.05, 4.69) is 33.0 Å². The summed E-state index contributed by atoms with van der Waals surface area (Å²) in [5.74, 6) is 0.0756. The molecule has 1 saturated heterocycles. The number of fused-ring (bicyclic) bond motifs is 1. The lowest BCUT2D eigenvalue weighted by molar-refractivity contribution is 0.0996. The molecule has 0 aliphatic carbocycles. The van der Waals surface area contributed by atoms with Gasteiger partial charge in [-0.1, -0.05) is 22.0 Å². The third-order valence-electron chi connectivity index (χ3n) is 4.39. The number of halogens is 1. The van der Waals surface area contributed by atoms with E-state index in [0.29, 0.717) is 6.54 Å². The third kappa shape index (κ3) is 2.75. The van der Waals surface area contributed by atoms with Crippen molar-refractivity contribution in [3.8, 4) is 0 Å². The van der Waals surface area contributed by atoms with Crippen molar-refractivity contribution >= 4 is 33.2 Å². The van der Waals surface area contributed by atoms with Crippen LogP contribution in [0.15, 0.2) is 46.9 Å². The standard InChI is InChI=1S/C18H17BrN2O2/c19-14-4-5-17-13(10-14)12-21(18(17)22)16-3-1-2-15(11-16)20-6-8-23-9-7-20/h1-5,10-11H,6-9,12H2. The van der Waals surface area contributed by atoms with E-state index in [1.807, 2.05) is 35.2 Å². The molecule has 0 N–H and O–H groups in total. The Bertz CT molecular complexity index is 756. The summed E-state index contributed by atoms with van der Waals surface area (Å²) in [5.41, 5.74) is 3.97. The third-order valence-corrected chi connectivity index (χ3v) is 4.88. The van der Waals surface area contributed by atoms with E-state index in [1.54, 1.807) is 0 Å². The van der Waals surface area contributed by atoms with Crippen LogP contribution in [-0.4, -0.2) is 32.2 Å². The molecule has 0 unspecified atom stereocenters. The van der Waals surface area contributed by atoms with E-state index >= 15 is 0 Å². The predicted molar refractivity (Wildman–Crippen MR) is 94.1 cm³/mol. The fourth-order valence-electron chi connectivity index (χ4n) is 3.18. The predicted octanol–water partition coefficient (Wildman–Crippen LogP) is 3.45. The molecule has 1 fully saturated rings. The van der Waals surface area contributed by atoms with Crippen LogP contribution < -0.4 is 9.80 Å². The van der Waals surface area contributed by atoms with Gasteiger partial charge in [-0.2, -0.15) is 0 Å². The maximum Gasteiger partial charge on any atom is 0.258 e. The normalized spacial score (nSPS) is 17.5. The van der Waals surface area contributed by atoms with Gasteiger partial charge in [0.15, 0.2) is 0 Å². The molecule has 0 saturated carbocycles. The molecular weight excluding hydrogens is 356 g/mol. The van der Waals surface area contributed by atoms with Gasteiger partial charge >= 0.3 is 0 Å². The molecule has 0 radical (unpaired) electrons. The van der Waals surface area contributed by atoms with Gasteiger partial charge < -0.3 is 14.5 Å². The lowest BCUT2D eigenvalue weighted by Gasteiger charge is -2.29. The molecule has 2 heterocycles. The molecule has 23 heavy (non-hydrogen) atoms. The number of morpholine rings is 1. The number of nitrogens with zero attached hydrogens (tertiary/aromatic N) is 2. The lowest BCUT2D eigenvalue weighted by atomic mass is 10.1. The highest BCUT2D eigenvalue weighted by atomic mass is 79.9. The Labute approximate surface area is 143 Å². The van der Waals surface area contributed by atoms with Gasteiger partial charge in [0.05, 0.1) is 19.8 Å². The van der Waals surface area contributed by atoms with E-state index in [4.69, 9.17) is 4.74 Å². The molecular formula is C18H17BrN2O2. The number of anilines is 2. The van der Waals surface area contributed by atoms with E-state index in [0.717, 1.165) is 53.3 Å². The summed E-state index contributed by atoms with van der Waals surface area (Å²) < 4.78 is 6.42. The number of carbonyl (C=O) groups is 1. The summed E-state index contributed by atoms with van der Waals surface area (Å²) in [6, 6.07) is 14.1. The minimum atomic E-state index is 0.0756. The van der Waals surface area contributed by atoms with E-state index in [-0.39, 0.29) is 5.91 Å². The second-order valence-electron chi connectivity index (χ2n) is 5.81. The Morgan fingerprint density at radius 3 is 2.61 bits per heavy atom. The van der Waals surface area contributed by atoms with Gasteiger partial charge in [-0.25, -0.2) is 0 Å². The minimum Gasteiger partial charge on any atom is -0.378 e. The fraction of sp³-hybridized carbons (Fsp3) is 0.278. The van der Waals surface area contributed by atoms with Gasteiger partial charge in [-0.15, -0.1) is 0 Å². The first-order valence-corrected chi connectivity index (χ1v) is 8.55. The van der Waals surface area contributed by atoms with Crippen LogP contribution in [0.2, 0.25) is 0 Å². The summed E-state index contributed by atoms with van der Waals surface area (Å²) in [5, 5.41) is 0. The number of ether oxygens (including phenoxy) is 1. The molecule has 2 aliphatic rings. The van der Waals surface area contributed by atoms with Crippen molar-refractivity contribution in [2.24, 2.45) is 0 Å². The molecule has 0 atom stereocenters. The van der Waals surface area contributed by atoms with Gasteiger partial charge in [-0.05, 0) is 42.0 Å². The highest BCUT2D eigenvalue weighted by Crippen LogP contribution is 2.32. The Morgan fingerprint density at radius 1 is 1.00 bits per heavy atom. The molecule has 4 rings (SSSR count). The molecule has 2 aliphatic heterocycles. The van der Waals surface area contributed by atoms with Crippen LogP contribution in [0.5, 0.6) is 0 Å². The Kier molecular flexibility index (Phi) is 3.83. The van der Waals surface area contributed by atoms with Gasteiger partial charge in [0, 0.05) is 34.5 Å². The fourth-order valence-corrected chi connectivity index (χ4v) is 3.59. The zero-order valence-corrected chi connectivity index (χ0v) is 14.3. The van der Waals surface area contributed by atoms with Crippen LogP contribution in [0.4, 0.5) is 11.4 Å². The second kappa shape index (κ2) is 5.98. The van der Waals surface area contributed by atoms with Gasteiger partial charge in [0.2, 0.25) is 0 Å². The smallest absolute Gasteiger partial charge is 0.258 e. The number of amides is 1.